The van der Waals surface area contributed by atoms with Crippen LogP contribution in [0.5, 0.6) is 0 Å². The van der Waals surface area contributed by atoms with Crippen molar-refractivity contribution in [2.45, 2.75) is 132 Å². The van der Waals surface area contributed by atoms with E-state index in [9.17, 15) is 30.6 Å². The van der Waals surface area contributed by atoms with Crippen LogP contribution >= 0.6 is 47.8 Å². The number of aromatic nitrogens is 12. The Kier molecular flexibility index (Phi) is 16.7. The van der Waals surface area contributed by atoms with Crippen LogP contribution in [0, 0.1) is 37.0 Å². The molecule has 27 heteroatoms. The highest BCUT2D eigenvalue weighted by Gasteiger charge is 2.60. The minimum Gasteiger partial charge on any atom is -0.390 e. The molecule has 9 aromatic heterocycles. The fourth-order valence-electron chi connectivity index (χ4n) is 16.6. The van der Waals surface area contributed by atoms with Crippen molar-refractivity contribution in [3.8, 4) is 0 Å². The largest absolute Gasteiger partial charge is 0.390 e. The molecular formula is C72H72Br3N15O9. The molecular weight excluding hydrogens is 1460 g/mol. The van der Waals surface area contributed by atoms with Gasteiger partial charge in [-0.2, -0.15) is 0 Å². The number of nitrogens with zero attached hydrogens (tertiary/aromatic N) is 12. The van der Waals surface area contributed by atoms with Gasteiger partial charge in [0.25, 0.3) is 0 Å². The van der Waals surface area contributed by atoms with E-state index >= 15 is 0 Å². The van der Waals surface area contributed by atoms with E-state index in [0.29, 0.717) is 75.8 Å². The number of benzene rings is 3. The molecule has 510 valence electrons. The fourth-order valence-corrected chi connectivity index (χ4v) is 17.7. The van der Waals surface area contributed by atoms with Crippen molar-refractivity contribution in [3.05, 3.63) is 176 Å². The Labute approximate surface area is 592 Å². The van der Waals surface area contributed by atoms with E-state index in [0.717, 1.165) is 113 Å². The number of pyridine rings is 3. The third-order valence-electron chi connectivity index (χ3n) is 22.2. The number of fused-ring (bicyclic) bond motifs is 6. The van der Waals surface area contributed by atoms with Gasteiger partial charge < -0.3 is 75.8 Å². The summed E-state index contributed by atoms with van der Waals surface area (Å²) in [7, 11) is 0. The lowest BCUT2D eigenvalue weighted by Crippen LogP contribution is -2.37. The molecule has 24 nitrogen and oxygen atoms in total. The van der Waals surface area contributed by atoms with Crippen molar-refractivity contribution in [3.63, 3.8) is 0 Å². The zero-order valence-corrected chi connectivity index (χ0v) is 58.8. The van der Waals surface area contributed by atoms with Crippen molar-refractivity contribution in [1.82, 2.24) is 58.6 Å². The van der Waals surface area contributed by atoms with Crippen LogP contribution in [-0.2, 0) is 14.2 Å². The van der Waals surface area contributed by atoms with Crippen LogP contribution in [-0.4, -0.2) is 146 Å². The lowest BCUT2D eigenvalue weighted by Gasteiger charge is -2.26. The van der Waals surface area contributed by atoms with Crippen molar-refractivity contribution in [2.75, 3.05) is 37.0 Å². The number of nitrogens with two attached hydrogens (primary N) is 3. The van der Waals surface area contributed by atoms with Gasteiger partial charge in [-0.25, -0.2) is 44.9 Å². The van der Waals surface area contributed by atoms with Crippen molar-refractivity contribution < 1.29 is 44.8 Å². The Morgan fingerprint density at radius 2 is 0.677 bits per heavy atom. The van der Waals surface area contributed by atoms with Crippen molar-refractivity contribution in [1.29, 1.82) is 0 Å². The predicted molar refractivity (Wildman–Crippen MR) is 383 cm³/mol. The van der Waals surface area contributed by atoms with Gasteiger partial charge in [-0.1, -0.05) is 36.4 Å². The van der Waals surface area contributed by atoms with Gasteiger partial charge in [0, 0.05) is 67.2 Å². The molecule has 18 rings (SSSR count). The Morgan fingerprint density at radius 1 is 0.394 bits per heavy atom. The third kappa shape index (κ3) is 11.2. The predicted octanol–water partition coefficient (Wildman–Crippen LogP) is 10.3. The topological polar surface area (TPSA) is 358 Å². The standard InChI is InChI=1S/3C24H24BrN5O3/c3*1-12-15-4-5-30(23(15)28-11-27-12)18-8-24(21(32)20(18)31)9-19(33-10-24)14-3-2-13-6-16(25)22(26)29-17(13)7-14/h3*2-7,11,18-21,31-32H,8-10H2,1H3,(H2,26,29)/t18-,19+,20+,21+,24-;2*18-,19-,20+,21+,24-/m111/s1. The maximum absolute atomic E-state index is 11.1. The van der Waals surface area contributed by atoms with Crippen LogP contribution in [0.4, 0.5) is 17.5 Å². The minimum atomic E-state index is -0.909. The second kappa shape index (κ2) is 25.1. The summed E-state index contributed by atoms with van der Waals surface area (Å²) in [5, 5.41) is 72.4. The smallest absolute Gasteiger partial charge is 0.143 e. The summed E-state index contributed by atoms with van der Waals surface area (Å²) in [6.07, 6.45) is 8.09. The van der Waals surface area contributed by atoms with Crippen molar-refractivity contribution in [2.24, 2.45) is 16.2 Å². The molecule has 3 saturated carbocycles. The second-order valence-electron chi connectivity index (χ2n) is 27.9. The molecule has 6 aliphatic rings. The van der Waals surface area contributed by atoms with Gasteiger partial charge in [0.05, 0.1) is 122 Å². The number of hydrogen-bond acceptors (Lipinski definition) is 21. The lowest BCUT2D eigenvalue weighted by atomic mass is 9.80. The molecule has 3 spiro atoms. The average Bonchev–Trinajstić information content (AvgIpc) is 1.69. The first-order valence-electron chi connectivity index (χ1n) is 32.9. The van der Waals surface area contributed by atoms with Gasteiger partial charge >= 0.3 is 0 Å². The number of anilines is 3. The fraction of sp³-hybridized carbons (Fsp3) is 0.375. The molecule has 3 aliphatic carbocycles. The zero-order chi connectivity index (χ0) is 68.7. The molecule has 3 aromatic carbocycles. The zero-order valence-electron chi connectivity index (χ0n) is 54.1. The van der Waals surface area contributed by atoms with E-state index in [1.807, 2.05) is 144 Å². The third-order valence-corrected chi connectivity index (χ3v) is 24.1. The maximum atomic E-state index is 11.1. The number of aliphatic hydroxyl groups excluding tert-OH is 6. The normalized spacial score (nSPS) is 29.6. The van der Waals surface area contributed by atoms with Gasteiger partial charge in [0.15, 0.2) is 0 Å². The summed E-state index contributed by atoms with van der Waals surface area (Å²) in [6, 6.07) is 29.0. The number of halogens is 3. The summed E-state index contributed by atoms with van der Waals surface area (Å²) in [5.41, 5.74) is 26.7. The molecule has 12 aromatic rings. The first-order chi connectivity index (χ1) is 47.6. The summed E-state index contributed by atoms with van der Waals surface area (Å²) in [5.74, 6) is 1.33. The minimum absolute atomic E-state index is 0.187. The monoisotopic (exact) mass is 1530 g/mol. The number of aliphatic hydroxyl groups is 6. The van der Waals surface area contributed by atoms with E-state index in [1.54, 1.807) is 0 Å². The van der Waals surface area contributed by atoms with Gasteiger partial charge in [0.2, 0.25) is 0 Å². The van der Waals surface area contributed by atoms with Crippen LogP contribution in [0.1, 0.15) is 109 Å². The van der Waals surface area contributed by atoms with E-state index in [4.69, 9.17) is 31.4 Å². The Bertz CT molecular complexity index is 4680. The molecule has 15 atom stereocenters. The number of hydrogen-bond donors (Lipinski definition) is 9. The Hall–Kier alpha value is -7.77. The summed E-state index contributed by atoms with van der Waals surface area (Å²) in [4.78, 5) is 39.5. The summed E-state index contributed by atoms with van der Waals surface area (Å²) < 4.78 is 26.8. The number of rotatable bonds is 6. The molecule has 99 heavy (non-hydrogen) atoms. The van der Waals surface area contributed by atoms with Gasteiger partial charge in [-0.15, -0.1) is 0 Å². The van der Waals surface area contributed by atoms with E-state index in [1.165, 1.54) is 19.0 Å². The summed E-state index contributed by atoms with van der Waals surface area (Å²) >= 11 is 10.3. The van der Waals surface area contributed by atoms with Crippen LogP contribution in [0.3, 0.4) is 0 Å². The number of ether oxygens (including phenoxy) is 3. The first kappa shape index (κ1) is 65.8. The molecule has 12 N–H and O–H groups in total. The highest BCUT2D eigenvalue weighted by atomic mass is 79.9. The molecule has 0 bridgehead atoms. The summed E-state index contributed by atoms with van der Waals surface area (Å²) in [6.45, 7) is 6.97. The number of aryl methyl sites for hydroxylation is 3. The van der Waals surface area contributed by atoms with Crippen molar-refractivity contribution >= 4 is 131 Å². The molecule has 12 heterocycles. The van der Waals surface area contributed by atoms with Gasteiger partial charge in [-0.3, -0.25) is 0 Å². The molecule has 0 amide bonds. The van der Waals surface area contributed by atoms with Gasteiger partial charge in [0.1, 0.15) is 71.7 Å². The van der Waals surface area contributed by atoms with Crippen LogP contribution in [0.15, 0.2) is 142 Å². The quantitative estimate of drug-likeness (QED) is 0.0747. The maximum Gasteiger partial charge on any atom is 0.143 e. The Balaban J connectivity index is 0.000000116. The highest BCUT2D eigenvalue weighted by Crippen LogP contribution is 2.58. The van der Waals surface area contributed by atoms with Crippen LogP contribution in [0.25, 0.3) is 65.8 Å². The van der Waals surface area contributed by atoms with Gasteiger partial charge in [-0.05, 0) is 178 Å². The van der Waals surface area contributed by atoms with E-state index < -0.39 is 52.9 Å². The van der Waals surface area contributed by atoms with E-state index in [-0.39, 0.29) is 36.4 Å². The molecule has 3 aliphatic heterocycles. The number of nitrogen functional groups attached to an aromatic ring is 3. The SMILES string of the molecule is Cc1ncnc2c1ccn2[C@@H]1C[C@@]2(CO[C@@H](c3ccc4cc(Br)c(N)nc4c3)C2)[C@@H](O)[C@H]1O.Cc1ncnc2c1ccn2[C@@H]1C[C@@]2(CO[C@@H](c3ccc4cc(Br)c(N)nc4c3)C2)[C@@H](O)[C@H]1O.Cc1ncnc2c1ccn2[C@@H]1C[C@@]2(CO[C@H](c3ccc4cc(Br)c(N)nc4c3)C2)[C@@H](O)[C@H]1O. The molecule has 6 fully saturated rings. The van der Waals surface area contributed by atoms with Crippen LogP contribution < -0.4 is 17.2 Å². The molecule has 0 unspecified atom stereocenters. The molecule has 3 saturated heterocycles. The Morgan fingerprint density at radius 3 is 0.960 bits per heavy atom. The first-order valence-corrected chi connectivity index (χ1v) is 35.3. The molecule has 0 radical (unpaired) electrons. The lowest BCUT2D eigenvalue weighted by molar-refractivity contribution is -0.0309. The van der Waals surface area contributed by atoms with E-state index in [2.05, 4.69) is 92.6 Å². The van der Waals surface area contributed by atoms with Crippen LogP contribution in [0.2, 0.25) is 0 Å². The average molecular weight is 1530 g/mol. The second-order valence-corrected chi connectivity index (χ2v) is 30.5. The highest BCUT2D eigenvalue weighted by molar-refractivity contribution is 9.11.